The van der Waals surface area contributed by atoms with Crippen LogP contribution < -0.4 is 10.1 Å². The lowest BCUT2D eigenvalue weighted by atomic mass is 9.96. The van der Waals surface area contributed by atoms with Gasteiger partial charge in [0.15, 0.2) is 0 Å². The second-order valence-electron chi connectivity index (χ2n) is 6.28. The molecule has 5 heteroatoms. The molecule has 0 amide bonds. The Morgan fingerprint density at radius 3 is 2.65 bits per heavy atom. The van der Waals surface area contributed by atoms with Gasteiger partial charge in [0.1, 0.15) is 12.4 Å². The van der Waals surface area contributed by atoms with Crippen molar-refractivity contribution < 1.29 is 9.84 Å². The Hall–Kier alpha value is -1.61. The number of nitriles is 1. The van der Waals surface area contributed by atoms with E-state index in [1.54, 1.807) is 12.1 Å². The van der Waals surface area contributed by atoms with Gasteiger partial charge in [-0.2, -0.15) is 5.26 Å². The van der Waals surface area contributed by atoms with Crippen molar-refractivity contribution in [1.82, 2.24) is 10.2 Å². The van der Waals surface area contributed by atoms with Gasteiger partial charge in [-0.25, -0.2) is 0 Å². The predicted molar refractivity (Wildman–Crippen MR) is 90.4 cm³/mol. The Labute approximate surface area is 138 Å². The molecule has 0 unspecified atom stereocenters. The third-order valence-electron chi connectivity index (χ3n) is 4.19. The Morgan fingerprint density at radius 1 is 1.35 bits per heavy atom. The predicted octanol–water partition coefficient (Wildman–Crippen LogP) is 1.62. The molecule has 23 heavy (non-hydrogen) atoms. The lowest BCUT2D eigenvalue weighted by Gasteiger charge is -2.32. The van der Waals surface area contributed by atoms with Gasteiger partial charge in [0.2, 0.25) is 0 Å². The summed E-state index contributed by atoms with van der Waals surface area (Å²) < 4.78 is 5.65. The average molecular weight is 317 g/mol. The van der Waals surface area contributed by atoms with Crippen LogP contribution in [-0.4, -0.2) is 55.4 Å². The van der Waals surface area contributed by atoms with E-state index in [0.29, 0.717) is 12.2 Å². The Balaban J connectivity index is 1.53. The molecule has 0 bridgehead atoms. The van der Waals surface area contributed by atoms with Gasteiger partial charge >= 0.3 is 0 Å². The largest absolute Gasteiger partial charge is 0.492 e. The van der Waals surface area contributed by atoms with E-state index < -0.39 is 0 Å². The second kappa shape index (κ2) is 9.51. The maximum absolute atomic E-state index is 9.41. The van der Waals surface area contributed by atoms with E-state index in [1.165, 1.54) is 12.8 Å². The average Bonchev–Trinajstić information content (AvgIpc) is 2.56. The highest BCUT2D eigenvalue weighted by Crippen LogP contribution is 2.16. The molecule has 1 aromatic carbocycles. The van der Waals surface area contributed by atoms with Gasteiger partial charge in [-0.15, -0.1) is 0 Å². The molecule has 1 fully saturated rings. The number of β-amino-alcohol motifs (C(OH)–C–C–N with tert-alkyl or cyclic N) is 1. The molecule has 1 heterocycles. The summed E-state index contributed by atoms with van der Waals surface area (Å²) in [6.45, 7) is 7.29. The van der Waals surface area contributed by atoms with Crippen LogP contribution in [0.1, 0.15) is 25.3 Å². The van der Waals surface area contributed by atoms with Crippen LogP contribution in [0.15, 0.2) is 24.3 Å². The first-order valence-corrected chi connectivity index (χ1v) is 8.41. The monoisotopic (exact) mass is 317 g/mol. The number of aliphatic hydroxyl groups excluding tert-OH is 1. The third-order valence-corrected chi connectivity index (χ3v) is 4.19. The van der Waals surface area contributed by atoms with Gasteiger partial charge in [0.05, 0.1) is 17.7 Å². The number of likely N-dealkylation sites (tertiary alicyclic amines) is 1. The van der Waals surface area contributed by atoms with Crippen LogP contribution in [0.4, 0.5) is 0 Å². The smallest absolute Gasteiger partial charge is 0.119 e. The zero-order valence-corrected chi connectivity index (χ0v) is 13.9. The number of hydrogen-bond acceptors (Lipinski definition) is 5. The molecular weight excluding hydrogens is 290 g/mol. The minimum Gasteiger partial charge on any atom is -0.492 e. The highest BCUT2D eigenvalue weighted by molar-refractivity contribution is 5.34. The molecule has 5 nitrogen and oxygen atoms in total. The van der Waals surface area contributed by atoms with Crippen molar-refractivity contribution >= 4 is 0 Å². The topological polar surface area (TPSA) is 68.5 Å². The first-order valence-electron chi connectivity index (χ1n) is 8.41. The van der Waals surface area contributed by atoms with Crippen molar-refractivity contribution in [1.29, 1.82) is 5.26 Å². The fraction of sp³-hybridized carbons (Fsp3) is 0.611. The molecule has 2 rings (SSSR count). The summed E-state index contributed by atoms with van der Waals surface area (Å²) in [6, 6.07) is 9.29. The molecule has 0 spiro atoms. The Bertz CT molecular complexity index is 488. The van der Waals surface area contributed by atoms with Crippen LogP contribution in [0.3, 0.4) is 0 Å². The Kier molecular flexibility index (Phi) is 7.34. The molecule has 126 valence electrons. The molecule has 1 aliphatic heterocycles. The molecule has 2 N–H and O–H groups in total. The van der Waals surface area contributed by atoms with E-state index >= 15 is 0 Å². The molecule has 0 aliphatic carbocycles. The van der Waals surface area contributed by atoms with Gasteiger partial charge in [-0.05, 0) is 69.6 Å². The van der Waals surface area contributed by atoms with Gasteiger partial charge in [-0.3, -0.25) is 0 Å². The van der Waals surface area contributed by atoms with Crippen LogP contribution in [0.25, 0.3) is 0 Å². The molecule has 1 atom stereocenters. The quantitative estimate of drug-likeness (QED) is 0.713. The Morgan fingerprint density at radius 2 is 2.04 bits per heavy atom. The van der Waals surface area contributed by atoms with Gasteiger partial charge in [0.25, 0.3) is 0 Å². The SMILES string of the molecule is C[C@@H](O)CN1CCC(CNCCOc2ccc(C#N)cc2)CC1. The van der Waals surface area contributed by atoms with Gasteiger partial charge in [-0.1, -0.05) is 0 Å². The summed E-state index contributed by atoms with van der Waals surface area (Å²) in [6.07, 6.45) is 2.15. The number of hydrogen-bond donors (Lipinski definition) is 2. The molecular formula is C18H27N3O2. The number of ether oxygens (including phenoxy) is 1. The summed E-state index contributed by atoms with van der Waals surface area (Å²) >= 11 is 0. The number of nitrogens with zero attached hydrogens (tertiary/aromatic N) is 2. The summed E-state index contributed by atoms with van der Waals surface area (Å²) in [4.78, 5) is 2.34. The van der Waals surface area contributed by atoms with Crippen LogP contribution in [-0.2, 0) is 0 Å². The van der Waals surface area contributed by atoms with Crippen molar-refractivity contribution in [2.24, 2.45) is 5.92 Å². The lowest BCUT2D eigenvalue weighted by Crippen LogP contribution is -2.40. The zero-order valence-electron chi connectivity index (χ0n) is 13.9. The van der Waals surface area contributed by atoms with E-state index in [1.807, 2.05) is 19.1 Å². The van der Waals surface area contributed by atoms with Crippen molar-refractivity contribution in [2.75, 3.05) is 39.3 Å². The summed E-state index contributed by atoms with van der Waals surface area (Å²) in [5.41, 5.74) is 0.650. The molecule has 1 aliphatic rings. The van der Waals surface area contributed by atoms with Gasteiger partial charge < -0.3 is 20.1 Å². The number of rotatable bonds is 8. The second-order valence-corrected chi connectivity index (χ2v) is 6.28. The van der Waals surface area contributed by atoms with Crippen LogP contribution in [0.2, 0.25) is 0 Å². The van der Waals surface area contributed by atoms with Crippen molar-refractivity contribution in [2.45, 2.75) is 25.9 Å². The van der Waals surface area contributed by atoms with Crippen molar-refractivity contribution in [3.63, 3.8) is 0 Å². The summed E-state index contributed by atoms with van der Waals surface area (Å²) in [5, 5.41) is 21.6. The lowest BCUT2D eigenvalue weighted by molar-refractivity contribution is 0.0996. The third kappa shape index (κ3) is 6.57. The van der Waals surface area contributed by atoms with Gasteiger partial charge in [0, 0.05) is 13.1 Å². The minimum atomic E-state index is -0.232. The van der Waals surface area contributed by atoms with E-state index in [0.717, 1.165) is 44.4 Å². The van der Waals surface area contributed by atoms with Crippen LogP contribution >= 0.6 is 0 Å². The van der Waals surface area contributed by atoms with E-state index in [9.17, 15) is 5.11 Å². The number of benzene rings is 1. The number of nitrogens with one attached hydrogen (secondary N) is 1. The maximum Gasteiger partial charge on any atom is 0.119 e. The highest BCUT2D eigenvalue weighted by atomic mass is 16.5. The zero-order chi connectivity index (χ0) is 16.5. The van der Waals surface area contributed by atoms with E-state index in [-0.39, 0.29) is 6.10 Å². The van der Waals surface area contributed by atoms with E-state index in [2.05, 4.69) is 16.3 Å². The molecule has 0 radical (unpaired) electrons. The van der Waals surface area contributed by atoms with Crippen LogP contribution in [0, 0.1) is 17.2 Å². The van der Waals surface area contributed by atoms with Crippen LogP contribution in [0.5, 0.6) is 5.75 Å². The minimum absolute atomic E-state index is 0.232. The number of piperidine rings is 1. The first kappa shape index (κ1) is 17.7. The van der Waals surface area contributed by atoms with E-state index in [4.69, 9.17) is 10.00 Å². The normalized spacial score (nSPS) is 17.6. The highest BCUT2D eigenvalue weighted by Gasteiger charge is 2.19. The number of aliphatic hydroxyl groups is 1. The first-order chi connectivity index (χ1) is 11.2. The summed E-state index contributed by atoms with van der Waals surface area (Å²) in [7, 11) is 0. The fourth-order valence-electron chi connectivity index (χ4n) is 2.92. The summed E-state index contributed by atoms with van der Waals surface area (Å²) in [5.74, 6) is 1.52. The van der Waals surface area contributed by atoms with Crippen molar-refractivity contribution in [3.8, 4) is 11.8 Å². The molecule has 1 aromatic rings. The van der Waals surface area contributed by atoms with Crippen molar-refractivity contribution in [3.05, 3.63) is 29.8 Å². The fourth-order valence-corrected chi connectivity index (χ4v) is 2.92. The molecule has 0 saturated carbocycles. The molecule has 0 aromatic heterocycles. The maximum atomic E-state index is 9.41. The molecule has 1 saturated heterocycles. The standard InChI is InChI=1S/C18H27N3O2/c1-15(22)14-21-9-6-17(7-10-21)13-20-8-11-23-18-4-2-16(12-19)3-5-18/h2-5,15,17,20,22H,6-11,13-14H2,1H3/t15-/m1/s1.